The van der Waals surface area contributed by atoms with Crippen molar-refractivity contribution in [3.63, 3.8) is 0 Å². The summed E-state index contributed by atoms with van der Waals surface area (Å²) in [6.07, 6.45) is 3.37. The molecular formula is C11H18N4O3S. The van der Waals surface area contributed by atoms with Crippen LogP contribution in [0.3, 0.4) is 0 Å². The van der Waals surface area contributed by atoms with Crippen LogP contribution in [0.5, 0.6) is 0 Å². The third kappa shape index (κ3) is 2.08. The average Bonchev–Trinajstić information content (AvgIpc) is 2.83. The number of nitrogens with zero attached hydrogens (tertiary/aromatic N) is 2. The number of nitrogens with two attached hydrogens (primary N) is 1. The molecule has 4 unspecified atom stereocenters. The Kier molecular flexibility index (Phi) is 3.12. The number of hydrogen-bond donors (Lipinski definition) is 2. The molecule has 106 valence electrons. The number of nitrogens with one attached hydrogen (secondary N) is 1. The molecule has 0 aromatic carbocycles. The van der Waals surface area contributed by atoms with Crippen molar-refractivity contribution in [3.8, 4) is 0 Å². The summed E-state index contributed by atoms with van der Waals surface area (Å²) in [4.78, 5) is 0. The SMILES string of the molecule is Cn1nccc1S(=O)(=O)NC1C(N)C2CCCOC21. The highest BCUT2D eigenvalue weighted by Gasteiger charge is 2.52. The Morgan fingerprint density at radius 3 is 3.05 bits per heavy atom. The summed E-state index contributed by atoms with van der Waals surface area (Å²) in [5.74, 6) is 0.271. The van der Waals surface area contributed by atoms with Crippen LogP contribution < -0.4 is 10.5 Å². The topological polar surface area (TPSA) is 99.2 Å². The normalized spacial score (nSPS) is 34.6. The van der Waals surface area contributed by atoms with Crippen molar-refractivity contribution in [1.82, 2.24) is 14.5 Å². The molecule has 2 aliphatic rings. The maximum atomic E-state index is 12.3. The fraction of sp³-hybridized carbons (Fsp3) is 0.727. The fourth-order valence-electron chi connectivity index (χ4n) is 2.96. The molecule has 3 N–H and O–H groups in total. The zero-order chi connectivity index (χ0) is 13.6. The van der Waals surface area contributed by atoms with Gasteiger partial charge in [0.2, 0.25) is 0 Å². The highest BCUT2D eigenvalue weighted by atomic mass is 32.2. The maximum Gasteiger partial charge on any atom is 0.258 e. The van der Waals surface area contributed by atoms with Crippen LogP contribution in [0.25, 0.3) is 0 Å². The molecule has 2 heterocycles. The van der Waals surface area contributed by atoms with E-state index in [-0.39, 0.29) is 29.1 Å². The van der Waals surface area contributed by atoms with Gasteiger partial charge in [-0.2, -0.15) is 5.10 Å². The molecule has 1 aromatic heterocycles. The zero-order valence-corrected chi connectivity index (χ0v) is 11.5. The van der Waals surface area contributed by atoms with Crippen molar-refractivity contribution >= 4 is 10.0 Å². The van der Waals surface area contributed by atoms with E-state index in [9.17, 15) is 8.42 Å². The van der Waals surface area contributed by atoms with Gasteiger partial charge in [0.25, 0.3) is 10.0 Å². The summed E-state index contributed by atoms with van der Waals surface area (Å²) in [5, 5.41) is 4.01. The second-order valence-electron chi connectivity index (χ2n) is 5.16. The number of ether oxygens (including phenoxy) is 1. The predicted molar refractivity (Wildman–Crippen MR) is 67.8 cm³/mol. The van der Waals surface area contributed by atoms with E-state index in [0.717, 1.165) is 12.8 Å². The fourth-order valence-corrected chi connectivity index (χ4v) is 4.36. The van der Waals surface area contributed by atoms with Crippen LogP contribution >= 0.6 is 0 Å². The molecule has 1 aliphatic heterocycles. The van der Waals surface area contributed by atoms with E-state index in [1.807, 2.05) is 0 Å². The Morgan fingerprint density at radius 1 is 1.58 bits per heavy atom. The summed E-state index contributed by atoms with van der Waals surface area (Å²) in [5.41, 5.74) is 6.05. The van der Waals surface area contributed by atoms with Crippen LogP contribution in [0.4, 0.5) is 0 Å². The molecule has 0 bridgehead atoms. The summed E-state index contributed by atoms with van der Waals surface area (Å²) in [6.45, 7) is 0.678. The molecule has 8 heteroatoms. The van der Waals surface area contributed by atoms with Crippen LogP contribution in [-0.4, -0.2) is 43.0 Å². The van der Waals surface area contributed by atoms with E-state index in [0.29, 0.717) is 6.61 Å². The van der Waals surface area contributed by atoms with Crippen molar-refractivity contribution < 1.29 is 13.2 Å². The first kappa shape index (κ1) is 13.0. The molecular weight excluding hydrogens is 268 g/mol. The number of aromatic nitrogens is 2. The maximum absolute atomic E-state index is 12.3. The van der Waals surface area contributed by atoms with Crippen LogP contribution in [-0.2, 0) is 21.8 Å². The lowest BCUT2D eigenvalue weighted by molar-refractivity contribution is -0.114. The quantitative estimate of drug-likeness (QED) is 0.758. The smallest absolute Gasteiger partial charge is 0.258 e. The monoisotopic (exact) mass is 286 g/mol. The molecule has 19 heavy (non-hydrogen) atoms. The van der Waals surface area contributed by atoms with Gasteiger partial charge in [0.15, 0.2) is 5.03 Å². The van der Waals surface area contributed by atoms with Crippen LogP contribution in [0.1, 0.15) is 12.8 Å². The number of fused-ring (bicyclic) bond motifs is 1. The molecule has 1 aromatic rings. The average molecular weight is 286 g/mol. The largest absolute Gasteiger partial charge is 0.376 e. The van der Waals surface area contributed by atoms with Gasteiger partial charge < -0.3 is 10.5 Å². The molecule has 0 amide bonds. The Hall–Kier alpha value is -0.960. The van der Waals surface area contributed by atoms with E-state index < -0.39 is 10.0 Å². The van der Waals surface area contributed by atoms with E-state index in [1.165, 1.54) is 16.9 Å². The predicted octanol–water partition coefficient (Wildman–Crippen LogP) is -0.797. The molecule has 0 spiro atoms. The third-order valence-electron chi connectivity index (χ3n) is 4.02. The van der Waals surface area contributed by atoms with Gasteiger partial charge in [-0.3, -0.25) is 4.68 Å². The molecule has 0 radical (unpaired) electrons. The van der Waals surface area contributed by atoms with E-state index in [4.69, 9.17) is 10.5 Å². The van der Waals surface area contributed by atoms with Crippen molar-refractivity contribution in [1.29, 1.82) is 0 Å². The van der Waals surface area contributed by atoms with Crippen LogP contribution in [0, 0.1) is 5.92 Å². The lowest BCUT2D eigenvalue weighted by atomic mass is 9.69. The zero-order valence-electron chi connectivity index (χ0n) is 10.7. The highest BCUT2D eigenvalue weighted by Crippen LogP contribution is 2.37. The first-order valence-electron chi connectivity index (χ1n) is 6.38. The third-order valence-corrected chi connectivity index (χ3v) is 5.55. The van der Waals surface area contributed by atoms with E-state index in [2.05, 4.69) is 9.82 Å². The van der Waals surface area contributed by atoms with Gasteiger partial charge in [-0.15, -0.1) is 0 Å². The lowest BCUT2D eigenvalue weighted by Gasteiger charge is -2.52. The van der Waals surface area contributed by atoms with E-state index in [1.54, 1.807) is 7.05 Å². The number of rotatable bonds is 3. The van der Waals surface area contributed by atoms with Crippen molar-refractivity contribution in [2.45, 2.75) is 36.1 Å². The van der Waals surface area contributed by atoms with Gasteiger partial charge in [-0.05, 0) is 18.9 Å². The summed E-state index contributed by atoms with van der Waals surface area (Å²) in [6, 6.07) is 0.949. The van der Waals surface area contributed by atoms with Crippen molar-refractivity contribution in [2.24, 2.45) is 18.7 Å². The second kappa shape index (κ2) is 4.55. The minimum Gasteiger partial charge on any atom is -0.376 e. The molecule has 7 nitrogen and oxygen atoms in total. The van der Waals surface area contributed by atoms with Gasteiger partial charge in [0, 0.05) is 25.6 Å². The number of sulfonamides is 1. The van der Waals surface area contributed by atoms with Crippen molar-refractivity contribution in [2.75, 3.05) is 6.61 Å². The molecule has 4 atom stereocenters. The van der Waals surface area contributed by atoms with Crippen LogP contribution in [0.2, 0.25) is 0 Å². The van der Waals surface area contributed by atoms with Gasteiger partial charge in [-0.1, -0.05) is 0 Å². The van der Waals surface area contributed by atoms with Gasteiger partial charge in [0.05, 0.1) is 18.3 Å². The summed E-state index contributed by atoms with van der Waals surface area (Å²) in [7, 11) is -2.01. The van der Waals surface area contributed by atoms with Gasteiger partial charge >= 0.3 is 0 Å². The van der Waals surface area contributed by atoms with Crippen molar-refractivity contribution in [3.05, 3.63) is 12.3 Å². The minimum atomic E-state index is -3.60. The summed E-state index contributed by atoms with van der Waals surface area (Å²) < 4.78 is 34.1. The lowest BCUT2D eigenvalue weighted by Crippen LogP contribution is -2.72. The Morgan fingerprint density at radius 2 is 2.37 bits per heavy atom. The standard InChI is InChI=1S/C11H18N4O3S/c1-15-8(4-5-13-15)19(16,17)14-10-9(12)7-3-2-6-18-11(7)10/h4-5,7,9-11,14H,2-3,6,12H2,1H3. The molecule has 1 saturated heterocycles. The number of hydrogen-bond acceptors (Lipinski definition) is 5. The van der Waals surface area contributed by atoms with Crippen LogP contribution in [0.15, 0.2) is 17.3 Å². The Balaban J connectivity index is 1.77. The Labute approximate surface area is 112 Å². The van der Waals surface area contributed by atoms with E-state index >= 15 is 0 Å². The first-order chi connectivity index (χ1) is 9.00. The second-order valence-corrected chi connectivity index (χ2v) is 6.82. The van der Waals surface area contributed by atoms with Gasteiger partial charge in [0.1, 0.15) is 0 Å². The molecule has 3 rings (SSSR count). The molecule has 1 aliphatic carbocycles. The highest BCUT2D eigenvalue weighted by molar-refractivity contribution is 7.89. The summed E-state index contributed by atoms with van der Waals surface area (Å²) >= 11 is 0. The molecule has 2 fully saturated rings. The number of aryl methyl sites for hydroxylation is 1. The Bertz CT molecular complexity index is 570. The molecule has 1 saturated carbocycles. The minimum absolute atomic E-state index is 0.0910. The van der Waals surface area contributed by atoms with Gasteiger partial charge in [-0.25, -0.2) is 13.1 Å². The first-order valence-corrected chi connectivity index (χ1v) is 7.86.